The lowest BCUT2D eigenvalue weighted by Gasteiger charge is -2.20. The Hall–Kier alpha value is -2.35. The zero-order valence-electron chi connectivity index (χ0n) is 15.0. The lowest BCUT2D eigenvalue weighted by molar-refractivity contribution is 0.0734. The van der Waals surface area contributed by atoms with E-state index in [2.05, 4.69) is 15.9 Å². The Morgan fingerprint density at radius 2 is 1.76 bits per heavy atom. The lowest BCUT2D eigenvalue weighted by atomic mass is 10.2. The lowest BCUT2D eigenvalue weighted by Crippen LogP contribution is -2.29. The van der Waals surface area contributed by atoms with E-state index >= 15 is 0 Å². The Morgan fingerprint density at radius 3 is 2.52 bits per heavy atom. The number of hydrogen-bond donors (Lipinski definition) is 0. The maximum atomic E-state index is 13.3. The number of sulfonamides is 1. The number of ether oxygens (including phenoxy) is 1. The van der Waals surface area contributed by atoms with Gasteiger partial charge in [0.25, 0.3) is 10.0 Å². The van der Waals surface area contributed by atoms with E-state index in [4.69, 9.17) is 16.3 Å². The molecule has 8 heteroatoms. The van der Waals surface area contributed by atoms with Crippen LogP contribution in [0.2, 0.25) is 5.02 Å². The third kappa shape index (κ3) is 3.90. The molecule has 4 rings (SSSR count). The van der Waals surface area contributed by atoms with Crippen LogP contribution in [0.5, 0.6) is 5.75 Å². The summed E-state index contributed by atoms with van der Waals surface area (Å²) in [6.07, 6.45) is 0.623. The molecule has 3 aromatic rings. The molecule has 29 heavy (non-hydrogen) atoms. The minimum atomic E-state index is -3.93. The summed E-state index contributed by atoms with van der Waals surface area (Å²) in [7, 11) is -3.93. The number of esters is 1. The van der Waals surface area contributed by atoms with E-state index in [-0.39, 0.29) is 15.5 Å². The molecule has 0 amide bonds. The SMILES string of the molecule is O=C(Oc1ccc(Br)cc1)c1ccc(Cl)c(S(=O)(=O)N2CCc3ccccc32)c1. The van der Waals surface area contributed by atoms with E-state index in [9.17, 15) is 13.2 Å². The second-order valence-corrected chi connectivity index (χ2v) is 9.60. The Morgan fingerprint density at radius 1 is 1.03 bits per heavy atom. The maximum absolute atomic E-state index is 13.3. The van der Waals surface area contributed by atoms with Crippen LogP contribution < -0.4 is 9.04 Å². The Balaban J connectivity index is 1.66. The van der Waals surface area contributed by atoms with Crippen molar-refractivity contribution in [3.05, 3.63) is 87.4 Å². The molecular weight excluding hydrogens is 478 g/mol. The summed E-state index contributed by atoms with van der Waals surface area (Å²) in [4.78, 5) is 12.4. The number of benzene rings is 3. The van der Waals surface area contributed by atoms with Gasteiger partial charge in [0.1, 0.15) is 10.6 Å². The number of carbonyl (C=O) groups is 1. The molecule has 0 bridgehead atoms. The average molecular weight is 493 g/mol. The van der Waals surface area contributed by atoms with Gasteiger partial charge in [-0.1, -0.05) is 45.7 Å². The minimum absolute atomic E-state index is 0.0505. The van der Waals surface area contributed by atoms with Crippen LogP contribution in [-0.2, 0) is 16.4 Å². The number of anilines is 1. The maximum Gasteiger partial charge on any atom is 0.343 e. The topological polar surface area (TPSA) is 63.7 Å². The molecule has 0 spiro atoms. The first-order valence-corrected chi connectivity index (χ1v) is 11.4. The second-order valence-electron chi connectivity index (χ2n) is 6.44. The molecule has 1 aliphatic heterocycles. The molecule has 1 aliphatic rings. The first-order chi connectivity index (χ1) is 13.9. The van der Waals surface area contributed by atoms with Crippen molar-refractivity contribution in [2.75, 3.05) is 10.8 Å². The van der Waals surface area contributed by atoms with E-state index in [1.165, 1.54) is 22.5 Å². The van der Waals surface area contributed by atoms with E-state index in [0.29, 0.717) is 24.4 Å². The van der Waals surface area contributed by atoms with Gasteiger partial charge in [0.05, 0.1) is 16.3 Å². The predicted octanol–water partition coefficient (Wildman–Crippen LogP) is 5.07. The van der Waals surface area contributed by atoms with Crippen molar-refractivity contribution in [2.24, 2.45) is 0 Å². The highest BCUT2D eigenvalue weighted by Gasteiger charge is 2.32. The standard InChI is InChI=1S/C21H15BrClNO4S/c22-16-6-8-17(9-7-16)28-21(25)15-5-10-18(23)20(13-15)29(26,27)24-12-11-14-3-1-2-4-19(14)24/h1-10,13H,11-12H2. The van der Waals surface area contributed by atoms with Crippen LogP contribution in [0, 0.1) is 0 Å². The quantitative estimate of drug-likeness (QED) is 0.377. The number of fused-ring (bicyclic) bond motifs is 1. The average Bonchev–Trinajstić information content (AvgIpc) is 3.15. The Labute approximate surface area is 182 Å². The minimum Gasteiger partial charge on any atom is -0.423 e. The van der Waals surface area contributed by atoms with Gasteiger partial charge in [-0.15, -0.1) is 0 Å². The second kappa shape index (κ2) is 7.82. The first-order valence-electron chi connectivity index (χ1n) is 8.74. The molecule has 5 nitrogen and oxygen atoms in total. The van der Waals surface area contributed by atoms with Gasteiger partial charge in [-0.25, -0.2) is 13.2 Å². The molecule has 0 aromatic heterocycles. The van der Waals surface area contributed by atoms with Crippen LogP contribution in [0.1, 0.15) is 15.9 Å². The van der Waals surface area contributed by atoms with Gasteiger partial charge in [0.15, 0.2) is 0 Å². The third-order valence-electron chi connectivity index (χ3n) is 4.60. The number of para-hydroxylation sites is 1. The molecule has 0 N–H and O–H groups in total. The van der Waals surface area contributed by atoms with Crippen molar-refractivity contribution in [1.29, 1.82) is 0 Å². The molecular formula is C21H15BrClNO4S. The van der Waals surface area contributed by atoms with E-state index in [1.54, 1.807) is 36.4 Å². The van der Waals surface area contributed by atoms with Crippen LogP contribution in [0.4, 0.5) is 5.69 Å². The molecule has 0 unspecified atom stereocenters. The smallest absolute Gasteiger partial charge is 0.343 e. The molecule has 0 aliphatic carbocycles. The largest absolute Gasteiger partial charge is 0.423 e. The van der Waals surface area contributed by atoms with Crippen LogP contribution >= 0.6 is 27.5 Å². The van der Waals surface area contributed by atoms with Crippen LogP contribution in [-0.4, -0.2) is 20.9 Å². The van der Waals surface area contributed by atoms with E-state index in [1.807, 2.05) is 12.1 Å². The highest BCUT2D eigenvalue weighted by Crippen LogP contribution is 2.35. The fraction of sp³-hybridized carbons (Fsp3) is 0.0952. The molecule has 1 heterocycles. The first kappa shape index (κ1) is 19.9. The fourth-order valence-electron chi connectivity index (χ4n) is 3.17. The Kier molecular flexibility index (Phi) is 5.38. The molecule has 0 atom stereocenters. The summed E-state index contributed by atoms with van der Waals surface area (Å²) in [5, 5.41) is 0.0505. The van der Waals surface area contributed by atoms with Crippen molar-refractivity contribution in [3.63, 3.8) is 0 Å². The van der Waals surface area contributed by atoms with Crippen LogP contribution in [0.15, 0.2) is 76.1 Å². The number of nitrogens with zero attached hydrogens (tertiary/aromatic N) is 1. The van der Waals surface area contributed by atoms with Gasteiger partial charge in [-0.3, -0.25) is 4.31 Å². The normalized spacial score (nSPS) is 13.2. The van der Waals surface area contributed by atoms with Gasteiger partial charge >= 0.3 is 5.97 Å². The predicted molar refractivity (Wildman–Crippen MR) is 115 cm³/mol. The monoisotopic (exact) mass is 491 g/mol. The number of hydrogen-bond acceptors (Lipinski definition) is 4. The van der Waals surface area contributed by atoms with Gasteiger partial charge in [-0.2, -0.15) is 0 Å². The van der Waals surface area contributed by atoms with Crippen molar-refractivity contribution >= 4 is 49.2 Å². The number of rotatable bonds is 4. The molecule has 0 fully saturated rings. The summed E-state index contributed by atoms with van der Waals surface area (Å²) >= 11 is 9.52. The summed E-state index contributed by atoms with van der Waals surface area (Å²) in [6.45, 7) is 0.325. The molecule has 0 saturated carbocycles. The number of carbonyl (C=O) groups excluding carboxylic acids is 1. The highest BCUT2D eigenvalue weighted by molar-refractivity contribution is 9.10. The van der Waals surface area contributed by atoms with Crippen molar-refractivity contribution in [1.82, 2.24) is 0 Å². The summed E-state index contributed by atoms with van der Waals surface area (Å²) in [5.74, 6) is -0.312. The van der Waals surface area contributed by atoms with E-state index < -0.39 is 16.0 Å². The highest BCUT2D eigenvalue weighted by atomic mass is 79.9. The van der Waals surface area contributed by atoms with Gasteiger partial charge in [-0.05, 0) is 60.5 Å². The Bertz CT molecular complexity index is 1200. The van der Waals surface area contributed by atoms with Gasteiger partial charge < -0.3 is 4.74 Å². The number of halogens is 2. The molecule has 3 aromatic carbocycles. The van der Waals surface area contributed by atoms with Crippen molar-refractivity contribution in [2.45, 2.75) is 11.3 Å². The summed E-state index contributed by atoms with van der Waals surface area (Å²) < 4.78 is 34.1. The molecule has 0 saturated heterocycles. The van der Waals surface area contributed by atoms with Crippen LogP contribution in [0.25, 0.3) is 0 Å². The summed E-state index contributed by atoms with van der Waals surface area (Å²) in [6, 6.07) is 18.2. The molecule has 0 radical (unpaired) electrons. The third-order valence-corrected chi connectivity index (χ3v) is 7.43. The molecule has 148 valence electrons. The van der Waals surface area contributed by atoms with Crippen LogP contribution in [0.3, 0.4) is 0 Å². The zero-order valence-corrected chi connectivity index (χ0v) is 18.2. The van der Waals surface area contributed by atoms with Crippen molar-refractivity contribution in [3.8, 4) is 5.75 Å². The summed E-state index contributed by atoms with van der Waals surface area (Å²) in [5.41, 5.74) is 1.69. The zero-order chi connectivity index (χ0) is 20.6. The van der Waals surface area contributed by atoms with Crippen molar-refractivity contribution < 1.29 is 17.9 Å². The van der Waals surface area contributed by atoms with Gasteiger partial charge in [0.2, 0.25) is 0 Å². The van der Waals surface area contributed by atoms with E-state index in [0.717, 1.165) is 10.0 Å². The van der Waals surface area contributed by atoms with Gasteiger partial charge in [0, 0.05) is 11.0 Å². The fourth-order valence-corrected chi connectivity index (χ4v) is 5.44.